The zero-order valence-corrected chi connectivity index (χ0v) is 11.6. The van der Waals surface area contributed by atoms with E-state index in [9.17, 15) is 8.78 Å². The summed E-state index contributed by atoms with van der Waals surface area (Å²) in [6.45, 7) is 3.99. The van der Waals surface area contributed by atoms with Gasteiger partial charge in [0.05, 0.1) is 5.41 Å². The molecule has 2 rings (SSSR count). The fourth-order valence-electron chi connectivity index (χ4n) is 2.21. The highest BCUT2D eigenvalue weighted by Gasteiger charge is 2.27. The van der Waals surface area contributed by atoms with E-state index in [2.05, 4.69) is 29.9 Å². The topological polar surface area (TPSA) is 3.24 Å². The zero-order valence-electron chi connectivity index (χ0n) is 11.6. The number of halogens is 2. The first kappa shape index (κ1) is 13.9. The molecule has 1 heterocycles. The van der Waals surface area contributed by atoms with Crippen molar-refractivity contribution in [3.63, 3.8) is 0 Å². The molecule has 19 heavy (non-hydrogen) atoms. The lowest BCUT2D eigenvalue weighted by Gasteiger charge is -2.28. The van der Waals surface area contributed by atoms with Crippen LogP contribution in [0.5, 0.6) is 0 Å². The second kappa shape index (κ2) is 5.21. The molecule has 1 aliphatic rings. The van der Waals surface area contributed by atoms with Gasteiger partial charge in [-0.05, 0) is 44.4 Å². The molecule has 0 fully saturated rings. The van der Waals surface area contributed by atoms with Gasteiger partial charge < -0.3 is 4.90 Å². The van der Waals surface area contributed by atoms with Crippen molar-refractivity contribution in [3.05, 3.63) is 29.3 Å². The average molecular weight is 263 g/mol. The Morgan fingerprint density at radius 3 is 2.74 bits per heavy atom. The molecule has 1 nitrogen and oxygen atoms in total. The van der Waals surface area contributed by atoms with Crippen molar-refractivity contribution in [2.24, 2.45) is 5.41 Å². The molecule has 102 valence electrons. The minimum atomic E-state index is -2.43. The van der Waals surface area contributed by atoms with Crippen molar-refractivity contribution in [1.82, 2.24) is 0 Å². The lowest BCUT2D eigenvalue weighted by molar-refractivity contribution is 0.0570. The van der Waals surface area contributed by atoms with E-state index in [0.717, 1.165) is 24.9 Å². The van der Waals surface area contributed by atoms with Crippen LogP contribution < -0.4 is 4.90 Å². The van der Waals surface area contributed by atoms with Crippen molar-refractivity contribution in [3.8, 4) is 11.8 Å². The Morgan fingerprint density at radius 2 is 2.05 bits per heavy atom. The smallest absolute Gasteiger partial charge is 0.254 e. The third-order valence-corrected chi connectivity index (χ3v) is 3.55. The molecule has 0 saturated carbocycles. The minimum Gasteiger partial charge on any atom is -0.374 e. The minimum absolute atomic E-state index is 0.887. The summed E-state index contributed by atoms with van der Waals surface area (Å²) < 4.78 is 25.6. The normalized spacial score (nSPS) is 14.9. The summed E-state index contributed by atoms with van der Waals surface area (Å²) in [5.74, 6) is 5.68. The molecule has 0 N–H and O–H groups in total. The molecule has 1 aromatic rings. The number of fused-ring (bicyclic) bond motifs is 1. The second-order valence-electron chi connectivity index (χ2n) is 5.60. The molecule has 0 radical (unpaired) electrons. The van der Waals surface area contributed by atoms with Crippen molar-refractivity contribution in [2.75, 3.05) is 18.5 Å². The first-order chi connectivity index (χ1) is 8.92. The molecule has 0 bridgehead atoms. The second-order valence-corrected chi connectivity index (χ2v) is 5.60. The molecule has 0 aliphatic carbocycles. The summed E-state index contributed by atoms with van der Waals surface area (Å²) in [7, 11) is 2.05. The highest BCUT2D eigenvalue weighted by atomic mass is 19.3. The van der Waals surface area contributed by atoms with Crippen LogP contribution in [0.1, 0.15) is 31.4 Å². The Hall–Kier alpha value is -1.56. The van der Waals surface area contributed by atoms with Gasteiger partial charge in [-0.1, -0.05) is 17.9 Å². The molecular weight excluding hydrogens is 244 g/mol. The van der Waals surface area contributed by atoms with Gasteiger partial charge in [-0.3, -0.25) is 0 Å². The van der Waals surface area contributed by atoms with Crippen LogP contribution in [0, 0.1) is 17.3 Å². The van der Waals surface area contributed by atoms with Crippen LogP contribution in [0.25, 0.3) is 0 Å². The first-order valence-corrected chi connectivity index (χ1v) is 6.56. The van der Waals surface area contributed by atoms with E-state index in [-0.39, 0.29) is 0 Å². The maximum absolute atomic E-state index is 12.8. The van der Waals surface area contributed by atoms with E-state index >= 15 is 0 Å². The molecule has 1 aromatic carbocycles. The van der Waals surface area contributed by atoms with Crippen molar-refractivity contribution < 1.29 is 8.78 Å². The SMILES string of the molecule is CN1CCCc2c(C#CC(C)(C)C(F)F)cccc21. The maximum atomic E-state index is 12.8. The maximum Gasteiger partial charge on any atom is 0.254 e. The van der Waals surface area contributed by atoms with Crippen LogP contribution in [0.3, 0.4) is 0 Å². The van der Waals surface area contributed by atoms with Crippen molar-refractivity contribution >= 4 is 5.69 Å². The molecule has 0 amide bonds. The van der Waals surface area contributed by atoms with Gasteiger partial charge in [0.2, 0.25) is 0 Å². The predicted octanol–water partition coefficient (Wildman–Crippen LogP) is 3.71. The van der Waals surface area contributed by atoms with Crippen LogP contribution in [0.2, 0.25) is 0 Å². The van der Waals surface area contributed by atoms with E-state index in [1.165, 1.54) is 25.1 Å². The van der Waals surface area contributed by atoms with E-state index in [1.54, 1.807) is 0 Å². The van der Waals surface area contributed by atoms with Gasteiger partial charge in [0.15, 0.2) is 0 Å². The van der Waals surface area contributed by atoms with Crippen LogP contribution in [-0.4, -0.2) is 20.0 Å². The van der Waals surface area contributed by atoms with Crippen LogP contribution in [-0.2, 0) is 6.42 Å². The number of benzene rings is 1. The number of hydrogen-bond donors (Lipinski definition) is 0. The quantitative estimate of drug-likeness (QED) is 0.698. The zero-order chi connectivity index (χ0) is 14.0. The third kappa shape index (κ3) is 2.89. The van der Waals surface area contributed by atoms with Crippen LogP contribution in [0.15, 0.2) is 18.2 Å². The lowest BCUT2D eigenvalue weighted by Crippen LogP contribution is -2.25. The molecule has 0 saturated heterocycles. The Labute approximate surface area is 113 Å². The van der Waals surface area contributed by atoms with E-state index < -0.39 is 11.8 Å². The lowest BCUT2D eigenvalue weighted by atomic mass is 9.92. The summed E-state index contributed by atoms with van der Waals surface area (Å²) in [5, 5.41) is 0. The monoisotopic (exact) mass is 263 g/mol. The summed E-state index contributed by atoms with van der Waals surface area (Å²) in [6, 6.07) is 5.94. The third-order valence-electron chi connectivity index (χ3n) is 3.55. The summed E-state index contributed by atoms with van der Waals surface area (Å²) in [5.41, 5.74) is 1.99. The molecule has 1 aliphatic heterocycles. The highest BCUT2D eigenvalue weighted by molar-refractivity contribution is 5.61. The summed E-state index contributed by atoms with van der Waals surface area (Å²) in [6.07, 6.45) is -0.373. The van der Waals surface area contributed by atoms with Gasteiger partial charge in [0.1, 0.15) is 0 Å². The molecule has 0 atom stereocenters. The molecule has 3 heteroatoms. The van der Waals surface area contributed by atoms with Gasteiger partial charge in [-0.2, -0.15) is 0 Å². The van der Waals surface area contributed by atoms with Crippen LogP contribution >= 0.6 is 0 Å². The summed E-state index contributed by atoms with van der Waals surface area (Å²) >= 11 is 0. The van der Waals surface area contributed by atoms with Gasteiger partial charge in [0.25, 0.3) is 6.43 Å². The Kier molecular flexibility index (Phi) is 3.80. The van der Waals surface area contributed by atoms with Gasteiger partial charge in [-0.15, -0.1) is 0 Å². The predicted molar refractivity (Wildman–Crippen MR) is 74.7 cm³/mol. The van der Waals surface area contributed by atoms with Gasteiger partial charge >= 0.3 is 0 Å². The van der Waals surface area contributed by atoms with E-state index in [4.69, 9.17) is 0 Å². The van der Waals surface area contributed by atoms with Crippen molar-refractivity contribution in [2.45, 2.75) is 33.1 Å². The first-order valence-electron chi connectivity index (χ1n) is 6.56. The highest BCUT2D eigenvalue weighted by Crippen LogP contribution is 2.29. The molecule has 0 aromatic heterocycles. The largest absolute Gasteiger partial charge is 0.374 e. The van der Waals surface area contributed by atoms with Crippen molar-refractivity contribution in [1.29, 1.82) is 0 Å². The number of hydrogen-bond acceptors (Lipinski definition) is 1. The van der Waals surface area contributed by atoms with E-state index in [0.29, 0.717) is 0 Å². The summed E-state index contributed by atoms with van der Waals surface area (Å²) in [4.78, 5) is 2.20. The van der Waals surface area contributed by atoms with Crippen LogP contribution in [0.4, 0.5) is 14.5 Å². The molecule has 0 spiro atoms. The fraction of sp³-hybridized carbons (Fsp3) is 0.500. The standard InChI is InChI=1S/C16H19F2N/c1-16(2,15(17)18)10-9-12-6-4-8-14-13(12)7-5-11-19(14)3/h4,6,8,15H,5,7,11H2,1-3H3. The Bertz CT molecular complexity index is 523. The average Bonchev–Trinajstić information content (AvgIpc) is 2.37. The molecular formula is C16H19F2N. The number of nitrogens with zero attached hydrogens (tertiary/aromatic N) is 1. The number of anilines is 1. The molecule has 0 unspecified atom stereocenters. The number of rotatable bonds is 1. The Balaban J connectivity index is 2.38. The Morgan fingerprint density at radius 1 is 1.32 bits per heavy atom. The van der Waals surface area contributed by atoms with Gasteiger partial charge in [-0.25, -0.2) is 8.78 Å². The number of alkyl halides is 2. The fourth-order valence-corrected chi connectivity index (χ4v) is 2.21. The van der Waals surface area contributed by atoms with E-state index in [1.807, 2.05) is 12.1 Å². The van der Waals surface area contributed by atoms with Gasteiger partial charge in [0, 0.05) is 24.8 Å².